The number of hydrogen-bond acceptors (Lipinski definition) is 3. The quantitative estimate of drug-likeness (QED) is 0.674. The predicted molar refractivity (Wildman–Crippen MR) is 64.4 cm³/mol. The van der Waals surface area contributed by atoms with Crippen LogP contribution in [-0.4, -0.2) is 49.7 Å². The van der Waals surface area contributed by atoms with Gasteiger partial charge in [-0.3, -0.25) is 4.79 Å². The molecule has 1 fully saturated rings. The number of methoxy groups -OCH3 is 1. The fourth-order valence-corrected chi connectivity index (χ4v) is 1.62. The number of nitrogens with one attached hydrogen (secondary N) is 1. The standard InChI is InChI=1S/C12H24N2O2/c1-4-10(2)14(7-8-16-3)12(15)9-13-11-5-6-11/h10-11,13H,4-9H2,1-3H3. The average Bonchev–Trinajstić information content (AvgIpc) is 3.10. The Bertz CT molecular complexity index is 217. The normalized spacial score (nSPS) is 17.2. The van der Waals surface area contributed by atoms with E-state index in [4.69, 9.17) is 4.74 Å². The molecule has 1 rings (SSSR count). The average molecular weight is 228 g/mol. The first-order chi connectivity index (χ1) is 7.69. The Morgan fingerprint density at radius 2 is 2.25 bits per heavy atom. The molecule has 1 atom stereocenters. The van der Waals surface area contributed by atoms with E-state index < -0.39 is 0 Å². The molecule has 1 unspecified atom stereocenters. The molecule has 0 aliphatic heterocycles. The van der Waals surface area contributed by atoms with Crippen molar-refractivity contribution < 1.29 is 9.53 Å². The Balaban J connectivity index is 2.34. The summed E-state index contributed by atoms with van der Waals surface area (Å²) in [6, 6.07) is 0.883. The Labute approximate surface area is 98.3 Å². The summed E-state index contributed by atoms with van der Waals surface area (Å²) in [5.41, 5.74) is 0. The second kappa shape index (κ2) is 6.86. The molecular weight excluding hydrogens is 204 g/mol. The largest absolute Gasteiger partial charge is 0.383 e. The van der Waals surface area contributed by atoms with Crippen LogP contribution in [0.3, 0.4) is 0 Å². The van der Waals surface area contributed by atoms with Crippen molar-refractivity contribution in [2.75, 3.05) is 26.8 Å². The summed E-state index contributed by atoms with van der Waals surface area (Å²) in [5.74, 6) is 0.193. The molecule has 0 aromatic rings. The SMILES string of the molecule is CCC(C)N(CCOC)C(=O)CNC1CC1. The number of carbonyl (C=O) groups excluding carboxylic acids is 1. The third kappa shape index (κ3) is 4.49. The molecule has 0 saturated heterocycles. The lowest BCUT2D eigenvalue weighted by Gasteiger charge is -2.28. The number of hydrogen-bond donors (Lipinski definition) is 1. The van der Waals surface area contributed by atoms with Gasteiger partial charge in [0.15, 0.2) is 0 Å². The van der Waals surface area contributed by atoms with Crippen LogP contribution in [0.1, 0.15) is 33.1 Å². The highest BCUT2D eigenvalue weighted by Gasteiger charge is 2.24. The minimum atomic E-state index is 0.193. The van der Waals surface area contributed by atoms with E-state index in [1.165, 1.54) is 12.8 Å². The zero-order chi connectivity index (χ0) is 12.0. The van der Waals surface area contributed by atoms with Gasteiger partial charge < -0.3 is 15.0 Å². The molecule has 1 N–H and O–H groups in total. The van der Waals surface area contributed by atoms with Crippen molar-refractivity contribution in [1.82, 2.24) is 10.2 Å². The predicted octanol–water partition coefficient (Wildman–Crippen LogP) is 1.01. The van der Waals surface area contributed by atoms with Crippen molar-refractivity contribution in [2.24, 2.45) is 0 Å². The van der Waals surface area contributed by atoms with E-state index in [1.54, 1.807) is 7.11 Å². The summed E-state index contributed by atoms with van der Waals surface area (Å²) >= 11 is 0. The van der Waals surface area contributed by atoms with Gasteiger partial charge in [0, 0.05) is 25.7 Å². The van der Waals surface area contributed by atoms with Crippen LogP contribution in [0.5, 0.6) is 0 Å². The zero-order valence-electron chi connectivity index (χ0n) is 10.7. The number of carbonyl (C=O) groups is 1. The van der Waals surface area contributed by atoms with Crippen LogP contribution in [0.4, 0.5) is 0 Å². The van der Waals surface area contributed by atoms with E-state index >= 15 is 0 Å². The summed E-state index contributed by atoms with van der Waals surface area (Å²) in [4.78, 5) is 13.9. The summed E-state index contributed by atoms with van der Waals surface area (Å²) in [6.07, 6.45) is 3.42. The molecule has 4 heteroatoms. The topological polar surface area (TPSA) is 41.6 Å². The third-order valence-corrected chi connectivity index (χ3v) is 3.10. The Morgan fingerprint density at radius 3 is 2.75 bits per heavy atom. The minimum Gasteiger partial charge on any atom is -0.383 e. The van der Waals surface area contributed by atoms with Crippen LogP contribution < -0.4 is 5.32 Å². The molecule has 0 aromatic heterocycles. The maximum atomic E-state index is 12.0. The lowest BCUT2D eigenvalue weighted by Crippen LogP contribution is -2.45. The lowest BCUT2D eigenvalue weighted by molar-refractivity contribution is -0.133. The fourth-order valence-electron chi connectivity index (χ4n) is 1.62. The summed E-state index contributed by atoms with van der Waals surface area (Å²) in [5, 5.41) is 3.26. The van der Waals surface area contributed by atoms with Gasteiger partial charge in [-0.1, -0.05) is 6.92 Å². The molecule has 0 radical (unpaired) electrons. The Morgan fingerprint density at radius 1 is 1.56 bits per heavy atom. The van der Waals surface area contributed by atoms with E-state index in [1.807, 2.05) is 4.90 Å². The molecule has 1 aliphatic rings. The monoisotopic (exact) mass is 228 g/mol. The molecular formula is C12H24N2O2. The lowest BCUT2D eigenvalue weighted by atomic mass is 10.2. The van der Waals surface area contributed by atoms with Crippen LogP contribution in [-0.2, 0) is 9.53 Å². The van der Waals surface area contributed by atoms with E-state index in [0.29, 0.717) is 31.8 Å². The van der Waals surface area contributed by atoms with Crippen molar-refractivity contribution in [3.8, 4) is 0 Å². The van der Waals surface area contributed by atoms with E-state index in [0.717, 1.165) is 6.42 Å². The van der Waals surface area contributed by atoms with Crippen LogP contribution in [0.15, 0.2) is 0 Å². The van der Waals surface area contributed by atoms with Gasteiger partial charge >= 0.3 is 0 Å². The first-order valence-corrected chi connectivity index (χ1v) is 6.20. The van der Waals surface area contributed by atoms with Crippen molar-refractivity contribution >= 4 is 5.91 Å². The zero-order valence-corrected chi connectivity index (χ0v) is 10.7. The van der Waals surface area contributed by atoms with E-state index in [-0.39, 0.29) is 5.91 Å². The molecule has 4 nitrogen and oxygen atoms in total. The van der Waals surface area contributed by atoms with Gasteiger partial charge in [0.25, 0.3) is 0 Å². The molecule has 1 aliphatic carbocycles. The van der Waals surface area contributed by atoms with Crippen molar-refractivity contribution in [2.45, 2.75) is 45.2 Å². The molecule has 1 saturated carbocycles. The van der Waals surface area contributed by atoms with Crippen molar-refractivity contribution in [1.29, 1.82) is 0 Å². The number of rotatable bonds is 8. The molecule has 0 spiro atoms. The highest BCUT2D eigenvalue weighted by atomic mass is 16.5. The fraction of sp³-hybridized carbons (Fsp3) is 0.917. The second-order valence-electron chi connectivity index (χ2n) is 4.49. The van der Waals surface area contributed by atoms with Gasteiger partial charge in [-0.05, 0) is 26.2 Å². The van der Waals surface area contributed by atoms with E-state index in [2.05, 4.69) is 19.2 Å². The highest BCUT2D eigenvalue weighted by molar-refractivity contribution is 5.78. The van der Waals surface area contributed by atoms with Crippen molar-refractivity contribution in [3.05, 3.63) is 0 Å². The van der Waals surface area contributed by atoms with Gasteiger partial charge in [0.05, 0.1) is 13.2 Å². The Hall–Kier alpha value is -0.610. The Kier molecular flexibility index (Phi) is 5.77. The maximum Gasteiger partial charge on any atom is 0.236 e. The van der Waals surface area contributed by atoms with Gasteiger partial charge in [0.2, 0.25) is 5.91 Å². The van der Waals surface area contributed by atoms with Crippen LogP contribution >= 0.6 is 0 Å². The third-order valence-electron chi connectivity index (χ3n) is 3.10. The summed E-state index contributed by atoms with van der Waals surface area (Å²) in [7, 11) is 1.67. The second-order valence-corrected chi connectivity index (χ2v) is 4.49. The molecule has 0 bridgehead atoms. The van der Waals surface area contributed by atoms with Crippen LogP contribution in [0.2, 0.25) is 0 Å². The molecule has 16 heavy (non-hydrogen) atoms. The van der Waals surface area contributed by atoms with Gasteiger partial charge in [0.1, 0.15) is 0 Å². The number of nitrogens with zero attached hydrogens (tertiary/aromatic N) is 1. The van der Waals surface area contributed by atoms with Gasteiger partial charge in [-0.25, -0.2) is 0 Å². The van der Waals surface area contributed by atoms with Crippen LogP contribution in [0, 0.1) is 0 Å². The molecule has 94 valence electrons. The minimum absolute atomic E-state index is 0.193. The first-order valence-electron chi connectivity index (χ1n) is 6.20. The highest BCUT2D eigenvalue weighted by Crippen LogP contribution is 2.18. The van der Waals surface area contributed by atoms with Gasteiger partial charge in [-0.15, -0.1) is 0 Å². The maximum absolute atomic E-state index is 12.0. The number of ether oxygens (including phenoxy) is 1. The van der Waals surface area contributed by atoms with Gasteiger partial charge in [-0.2, -0.15) is 0 Å². The molecule has 0 heterocycles. The summed E-state index contributed by atoms with van der Waals surface area (Å²) in [6.45, 7) is 5.96. The summed E-state index contributed by atoms with van der Waals surface area (Å²) < 4.78 is 5.04. The van der Waals surface area contributed by atoms with E-state index in [9.17, 15) is 4.79 Å². The van der Waals surface area contributed by atoms with Crippen molar-refractivity contribution in [3.63, 3.8) is 0 Å². The number of amides is 1. The molecule has 1 amide bonds. The molecule has 0 aromatic carbocycles. The first kappa shape index (κ1) is 13.5. The smallest absolute Gasteiger partial charge is 0.236 e. The van der Waals surface area contributed by atoms with Crippen LogP contribution in [0.25, 0.3) is 0 Å².